The van der Waals surface area contributed by atoms with Crippen molar-refractivity contribution in [3.8, 4) is 0 Å². The lowest BCUT2D eigenvalue weighted by Crippen LogP contribution is -2.16. The molecule has 0 saturated heterocycles. The highest BCUT2D eigenvalue weighted by atomic mass is 32.1. The highest BCUT2D eigenvalue weighted by Crippen LogP contribution is 2.24. The predicted molar refractivity (Wildman–Crippen MR) is 79.8 cm³/mol. The number of aromatic carboxylic acids is 1. The third kappa shape index (κ3) is 2.72. The molecule has 0 aliphatic carbocycles. The van der Waals surface area contributed by atoms with Crippen LogP contribution in [0.3, 0.4) is 0 Å². The fraction of sp³-hybridized carbons (Fsp3) is 0.200. The molecule has 2 aromatic rings. The first kappa shape index (κ1) is 14.3. The van der Waals surface area contributed by atoms with Gasteiger partial charge in [0.15, 0.2) is 0 Å². The number of carboxylic acids is 1. The number of nitrogens with one attached hydrogen (secondary N) is 1. The Hall–Kier alpha value is -2.14. The zero-order valence-electron chi connectivity index (χ0n) is 11.3. The summed E-state index contributed by atoms with van der Waals surface area (Å²) >= 11 is 1.36. The molecule has 104 valence electrons. The number of hydrogen-bond acceptors (Lipinski definition) is 3. The number of amides is 1. The first-order valence-electron chi connectivity index (χ1n) is 6.25. The lowest BCUT2D eigenvalue weighted by atomic mass is 10.1. The van der Waals surface area contributed by atoms with E-state index in [0.29, 0.717) is 10.6 Å². The van der Waals surface area contributed by atoms with Crippen LogP contribution in [0.5, 0.6) is 0 Å². The van der Waals surface area contributed by atoms with Crippen LogP contribution in [-0.4, -0.2) is 17.0 Å². The van der Waals surface area contributed by atoms with Gasteiger partial charge in [0.05, 0.1) is 16.1 Å². The van der Waals surface area contributed by atoms with Gasteiger partial charge in [-0.05, 0) is 42.0 Å². The van der Waals surface area contributed by atoms with E-state index >= 15 is 0 Å². The van der Waals surface area contributed by atoms with Gasteiger partial charge in [-0.3, -0.25) is 4.79 Å². The Kier molecular flexibility index (Phi) is 4.20. The lowest BCUT2D eigenvalue weighted by molar-refractivity contribution is 0.0698. The summed E-state index contributed by atoms with van der Waals surface area (Å²) in [6, 6.07) is 6.84. The van der Waals surface area contributed by atoms with Crippen LogP contribution >= 0.6 is 11.3 Å². The van der Waals surface area contributed by atoms with Crippen molar-refractivity contribution >= 4 is 28.9 Å². The number of benzene rings is 1. The van der Waals surface area contributed by atoms with E-state index in [1.54, 1.807) is 19.1 Å². The molecule has 0 aliphatic heterocycles. The number of anilines is 1. The predicted octanol–water partition coefficient (Wildman–Crippen LogP) is 3.57. The van der Waals surface area contributed by atoms with Gasteiger partial charge in [-0.1, -0.05) is 19.1 Å². The summed E-state index contributed by atoms with van der Waals surface area (Å²) in [5.74, 6) is -1.31. The molecular weight excluding hydrogens is 274 g/mol. The van der Waals surface area contributed by atoms with Crippen molar-refractivity contribution in [3.05, 3.63) is 51.2 Å². The largest absolute Gasteiger partial charge is 0.478 e. The molecular formula is C15H15NO3S. The standard InChI is InChI=1S/C15H15NO3S/c1-3-10-7-8-20-13(10)14(17)16-12-9(2)5-4-6-11(12)15(18)19/h4-8H,3H2,1-2H3,(H,16,17)(H,18,19). The van der Waals surface area contributed by atoms with E-state index in [0.717, 1.165) is 17.5 Å². The molecule has 4 nitrogen and oxygen atoms in total. The number of carboxylic acid groups (broad SMARTS) is 1. The normalized spacial score (nSPS) is 10.3. The first-order valence-corrected chi connectivity index (χ1v) is 7.13. The fourth-order valence-corrected chi connectivity index (χ4v) is 2.89. The average molecular weight is 289 g/mol. The Bertz CT molecular complexity index is 661. The molecule has 0 radical (unpaired) electrons. The zero-order chi connectivity index (χ0) is 14.7. The second-order valence-electron chi connectivity index (χ2n) is 4.39. The second kappa shape index (κ2) is 5.88. The van der Waals surface area contributed by atoms with Crippen LogP contribution in [0.2, 0.25) is 0 Å². The maximum atomic E-state index is 12.3. The van der Waals surface area contributed by atoms with E-state index in [9.17, 15) is 14.7 Å². The van der Waals surface area contributed by atoms with Crippen molar-refractivity contribution < 1.29 is 14.7 Å². The summed E-state index contributed by atoms with van der Waals surface area (Å²) in [6.45, 7) is 3.76. The molecule has 0 saturated carbocycles. The Morgan fingerprint density at radius 3 is 2.70 bits per heavy atom. The Morgan fingerprint density at radius 1 is 1.30 bits per heavy atom. The van der Waals surface area contributed by atoms with Gasteiger partial charge >= 0.3 is 5.97 Å². The lowest BCUT2D eigenvalue weighted by Gasteiger charge is -2.11. The molecule has 0 fully saturated rings. The molecule has 1 aromatic heterocycles. The van der Waals surface area contributed by atoms with Gasteiger partial charge in [-0.25, -0.2) is 4.79 Å². The Balaban J connectivity index is 2.35. The highest BCUT2D eigenvalue weighted by molar-refractivity contribution is 7.12. The minimum absolute atomic E-state index is 0.105. The molecule has 0 atom stereocenters. The van der Waals surface area contributed by atoms with Gasteiger partial charge in [0, 0.05) is 0 Å². The fourth-order valence-electron chi connectivity index (χ4n) is 2.00. The third-order valence-corrected chi connectivity index (χ3v) is 4.03. The van der Waals surface area contributed by atoms with Crippen LogP contribution in [0.4, 0.5) is 5.69 Å². The van der Waals surface area contributed by atoms with Gasteiger partial charge < -0.3 is 10.4 Å². The number of aryl methyl sites for hydroxylation is 2. The smallest absolute Gasteiger partial charge is 0.337 e. The zero-order valence-corrected chi connectivity index (χ0v) is 12.1. The van der Waals surface area contributed by atoms with Gasteiger partial charge in [0.25, 0.3) is 5.91 Å². The second-order valence-corrected chi connectivity index (χ2v) is 5.30. The molecule has 0 bridgehead atoms. The number of thiophene rings is 1. The molecule has 0 unspecified atom stereocenters. The maximum Gasteiger partial charge on any atom is 0.337 e. The maximum absolute atomic E-state index is 12.3. The monoisotopic (exact) mass is 289 g/mol. The minimum Gasteiger partial charge on any atom is -0.478 e. The minimum atomic E-state index is -1.05. The Morgan fingerprint density at radius 2 is 2.05 bits per heavy atom. The van der Waals surface area contributed by atoms with Crippen molar-refractivity contribution in [2.75, 3.05) is 5.32 Å². The van der Waals surface area contributed by atoms with E-state index < -0.39 is 5.97 Å². The molecule has 1 amide bonds. The van der Waals surface area contributed by atoms with E-state index in [1.807, 2.05) is 18.4 Å². The summed E-state index contributed by atoms with van der Waals surface area (Å²) in [4.78, 5) is 24.1. The highest BCUT2D eigenvalue weighted by Gasteiger charge is 2.17. The summed E-state index contributed by atoms with van der Waals surface area (Å²) in [6.07, 6.45) is 0.770. The van der Waals surface area contributed by atoms with Gasteiger partial charge in [0.1, 0.15) is 0 Å². The van der Waals surface area contributed by atoms with Crippen molar-refractivity contribution in [1.82, 2.24) is 0 Å². The molecule has 2 N–H and O–H groups in total. The van der Waals surface area contributed by atoms with E-state index in [2.05, 4.69) is 5.32 Å². The number of rotatable bonds is 4. The molecule has 5 heteroatoms. The summed E-state index contributed by atoms with van der Waals surface area (Å²) in [5, 5.41) is 13.8. The topological polar surface area (TPSA) is 66.4 Å². The third-order valence-electron chi connectivity index (χ3n) is 3.08. The number of para-hydroxylation sites is 1. The van der Waals surface area contributed by atoms with Crippen molar-refractivity contribution in [2.24, 2.45) is 0 Å². The molecule has 0 spiro atoms. The van der Waals surface area contributed by atoms with Crippen molar-refractivity contribution in [1.29, 1.82) is 0 Å². The summed E-state index contributed by atoms with van der Waals surface area (Å²) < 4.78 is 0. The Labute approximate surface area is 121 Å². The number of carbonyl (C=O) groups is 2. The molecule has 2 rings (SSSR count). The molecule has 1 heterocycles. The van der Waals surface area contributed by atoms with Gasteiger partial charge in [0.2, 0.25) is 0 Å². The van der Waals surface area contributed by atoms with Crippen LogP contribution in [0.1, 0.15) is 38.1 Å². The van der Waals surface area contributed by atoms with E-state index in [4.69, 9.17) is 0 Å². The number of carbonyl (C=O) groups excluding carboxylic acids is 1. The SMILES string of the molecule is CCc1ccsc1C(=O)Nc1c(C)cccc1C(=O)O. The van der Waals surface area contributed by atoms with E-state index in [1.165, 1.54) is 17.4 Å². The van der Waals surface area contributed by atoms with Gasteiger partial charge in [-0.2, -0.15) is 0 Å². The molecule has 20 heavy (non-hydrogen) atoms. The van der Waals surface area contributed by atoms with Gasteiger partial charge in [-0.15, -0.1) is 11.3 Å². The van der Waals surface area contributed by atoms with Crippen LogP contribution < -0.4 is 5.32 Å². The van der Waals surface area contributed by atoms with Crippen molar-refractivity contribution in [3.63, 3.8) is 0 Å². The van der Waals surface area contributed by atoms with Crippen LogP contribution in [0, 0.1) is 6.92 Å². The summed E-state index contributed by atoms with van der Waals surface area (Å²) in [7, 11) is 0. The van der Waals surface area contributed by atoms with Crippen molar-refractivity contribution in [2.45, 2.75) is 20.3 Å². The van der Waals surface area contributed by atoms with E-state index in [-0.39, 0.29) is 11.5 Å². The number of hydrogen-bond donors (Lipinski definition) is 2. The molecule has 1 aromatic carbocycles. The average Bonchev–Trinajstić information content (AvgIpc) is 2.89. The molecule has 0 aliphatic rings. The quantitative estimate of drug-likeness (QED) is 0.904. The summed E-state index contributed by atoms with van der Waals surface area (Å²) in [5.41, 5.74) is 2.17. The first-order chi connectivity index (χ1) is 9.54. The van der Waals surface area contributed by atoms with Crippen LogP contribution in [-0.2, 0) is 6.42 Å². The van der Waals surface area contributed by atoms with Crippen LogP contribution in [0.15, 0.2) is 29.6 Å². The van der Waals surface area contributed by atoms with Crippen LogP contribution in [0.25, 0.3) is 0 Å².